The Morgan fingerprint density at radius 3 is 2.46 bits per heavy atom. The molecule has 1 aliphatic carbocycles. The number of hydrogen-bond donors (Lipinski definition) is 2. The van der Waals surface area contributed by atoms with Gasteiger partial charge in [-0.25, -0.2) is 13.2 Å². The average Bonchev–Trinajstić information content (AvgIpc) is 3.11. The number of alkyl halides is 2. The van der Waals surface area contributed by atoms with Crippen LogP contribution in [0.25, 0.3) is 0 Å². The maximum atomic E-state index is 14.2. The van der Waals surface area contributed by atoms with E-state index in [2.05, 4.69) is 15.3 Å². The van der Waals surface area contributed by atoms with E-state index in [4.69, 9.17) is 23.2 Å². The van der Waals surface area contributed by atoms with E-state index in [0.717, 1.165) is 6.20 Å². The van der Waals surface area contributed by atoms with E-state index in [1.807, 2.05) is 0 Å². The molecule has 0 saturated heterocycles. The van der Waals surface area contributed by atoms with Gasteiger partial charge in [-0.1, -0.05) is 29.3 Å². The van der Waals surface area contributed by atoms with Gasteiger partial charge in [0.25, 0.3) is 18.2 Å². The predicted octanol–water partition coefficient (Wildman–Crippen LogP) is 5.43. The quantitative estimate of drug-likeness (QED) is 0.406. The van der Waals surface area contributed by atoms with Gasteiger partial charge in [0.2, 0.25) is 5.60 Å². The molecule has 0 radical (unpaired) electrons. The number of nitrogens with zero attached hydrogens (tertiary/aromatic N) is 3. The van der Waals surface area contributed by atoms with Gasteiger partial charge in [-0.15, -0.1) is 0 Å². The fourth-order valence-corrected chi connectivity index (χ4v) is 5.56. The molecule has 1 atom stereocenters. The molecule has 2 amide bonds. The second-order valence-corrected chi connectivity index (χ2v) is 10.6. The number of aromatic nitrogens is 2. The minimum Gasteiger partial charge on any atom is -0.370 e. The van der Waals surface area contributed by atoms with Crippen molar-refractivity contribution in [1.82, 2.24) is 15.3 Å². The molecule has 39 heavy (non-hydrogen) atoms. The highest BCUT2D eigenvalue weighted by Crippen LogP contribution is 2.45. The molecule has 5 rings (SSSR count). The molecule has 1 aliphatic heterocycles. The Kier molecular flexibility index (Phi) is 7.54. The zero-order valence-electron chi connectivity index (χ0n) is 20.4. The first kappa shape index (κ1) is 27.4. The SMILES string of the molecule is O=C(NC1CCC(CN2C(=O)C(O)(c3ccc(Cl)cn3)c3ccc(F)cc32)CC1)c1cc(Cl)cnc1C(F)F. The number of carbonyl (C=O) groups is 2. The monoisotopic (exact) mass is 578 g/mol. The summed E-state index contributed by atoms with van der Waals surface area (Å²) in [6.07, 6.45) is 1.75. The van der Waals surface area contributed by atoms with E-state index >= 15 is 0 Å². The third-order valence-electron chi connectivity index (χ3n) is 7.25. The summed E-state index contributed by atoms with van der Waals surface area (Å²) in [5, 5.41) is 14.8. The molecule has 2 aliphatic rings. The number of hydrogen-bond acceptors (Lipinski definition) is 5. The molecule has 1 fully saturated rings. The molecule has 0 bridgehead atoms. The molecule has 1 unspecified atom stereocenters. The summed E-state index contributed by atoms with van der Waals surface area (Å²) in [6.45, 7) is 0.222. The summed E-state index contributed by atoms with van der Waals surface area (Å²) in [5.41, 5.74) is -2.41. The largest absolute Gasteiger partial charge is 0.370 e. The highest BCUT2D eigenvalue weighted by Gasteiger charge is 2.52. The number of anilines is 1. The molecule has 1 aromatic carbocycles. The second kappa shape index (κ2) is 10.7. The van der Waals surface area contributed by atoms with E-state index in [1.54, 1.807) is 0 Å². The van der Waals surface area contributed by atoms with Crippen molar-refractivity contribution in [3.63, 3.8) is 0 Å². The summed E-state index contributed by atoms with van der Waals surface area (Å²) < 4.78 is 40.8. The third kappa shape index (κ3) is 5.20. The van der Waals surface area contributed by atoms with Crippen molar-refractivity contribution in [3.05, 3.63) is 87.2 Å². The lowest BCUT2D eigenvalue weighted by Gasteiger charge is -2.32. The zero-order valence-corrected chi connectivity index (χ0v) is 21.9. The normalized spacial score (nSPS) is 22.7. The molecule has 204 valence electrons. The molecule has 0 spiro atoms. The van der Waals surface area contributed by atoms with E-state index in [0.29, 0.717) is 30.7 Å². The summed E-state index contributed by atoms with van der Waals surface area (Å²) in [4.78, 5) is 35.4. The van der Waals surface area contributed by atoms with Crippen LogP contribution in [0.4, 0.5) is 18.9 Å². The number of amides is 2. The van der Waals surface area contributed by atoms with Crippen molar-refractivity contribution in [2.45, 2.75) is 43.8 Å². The summed E-state index contributed by atoms with van der Waals surface area (Å²) in [6, 6.07) is 7.64. The number of halogens is 5. The molecule has 3 heterocycles. The Bertz CT molecular complexity index is 1420. The summed E-state index contributed by atoms with van der Waals surface area (Å²) >= 11 is 11.8. The molecular weight excluding hydrogens is 556 g/mol. The van der Waals surface area contributed by atoms with Crippen LogP contribution in [0.5, 0.6) is 0 Å². The van der Waals surface area contributed by atoms with Crippen LogP contribution < -0.4 is 10.2 Å². The summed E-state index contributed by atoms with van der Waals surface area (Å²) in [7, 11) is 0. The van der Waals surface area contributed by atoms with Crippen molar-refractivity contribution < 1.29 is 27.9 Å². The van der Waals surface area contributed by atoms with Crippen molar-refractivity contribution in [2.24, 2.45) is 5.92 Å². The van der Waals surface area contributed by atoms with Crippen LogP contribution in [0.3, 0.4) is 0 Å². The fourth-order valence-electron chi connectivity index (χ4n) is 5.29. The molecule has 7 nitrogen and oxygen atoms in total. The van der Waals surface area contributed by atoms with Gasteiger partial charge in [0, 0.05) is 30.5 Å². The topological polar surface area (TPSA) is 95.4 Å². The molecule has 1 saturated carbocycles. The van der Waals surface area contributed by atoms with Gasteiger partial charge in [0.05, 0.1) is 27.0 Å². The number of nitrogens with one attached hydrogen (secondary N) is 1. The third-order valence-corrected chi connectivity index (χ3v) is 7.68. The maximum Gasteiger partial charge on any atom is 0.281 e. The number of fused-ring (bicyclic) bond motifs is 1. The van der Waals surface area contributed by atoms with Gasteiger partial charge in [-0.3, -0.25) is 19.6 Å². The summed E-state index contributed by atoms with van der Waals surface area (Å²) in [5.74, 6) is -1.88. The van der Waals surface area contributed by atoms with Crippen molar-refractivity contribution in [3.8, 4) is 0 Å². The van der Waals surface area contributed by atoms with Crippen LogP contribution in [-0.2, 0) is 10.4 Å². The first-order chi connectivity index (χ1) is 18.6. The Labute approximate surface area is 232 Å². The number of pyridine rings is 2. The van der Waals surface area contributed by atoms with Crippen LogP contribution in [0, 0.1) is 11.7 Å². The maximum absolute atomic E-state index is 14.2. The Morgan fingerprint density at radius 1 is 1.08 bits per heavy atom. The molecule has 2 aromatic heterocycles. The van der Waals surface area contributed by atoms with Crippen molar-refractivity contribution >= 4 is 40.7 Å². The minimum atomic E-state index is -2.92. The van der Waals surface area contributed by atoms with Crippen LogP contribution in [0.1, 0.15) is 59.4 Å². The van der Waals surface area contributed by atoms with Gasteiger partial charge in [0.15, 0.2) is 0 Å². The van der Waals surface area contributed by atoms with Crippen LogP contribution in [0.15, 0.2) is 48.8 Å². The standard InChI is InChI=1S/C27H23Cl2F3N4O3/c28-15-3-8-22(33-11-15)27(39)20-7-4-17(30)10-21(20)36(26(27)38)13-14-1-5-18(6-2-14)35-25(37)19-9-16(29)12-34-23(19)24(31)32/h3-4,7-12,14,18,24,39H,1-2,5-6,13H2,(H,35,37). The highest BCUT2D eigenvalue weighted by molar-refractivity contribution is 6.31. The number of carbonyl (C=O) groups excluding carboxylic acids is 2. The second-order valence-electron chi connectivity index (χ2n) is 9.73. The first-order valence-corrected chi connectivity index (χ1v) is 13.0. The van der Waals surface area contributed by atoms with Crippen LogP contribution >= 0.6 is 23.2 Å². The predicted molar refractivity (Wildman–Crippen MR) is 138 cm³/mol. The van der Waals surface area contributed by atoms with E-state index in [1.165, 1.54) is 47.5 Å². The van der Waals surface area contributed by atoms with E-state index in [-0.39, 0.29) is 46.0 Å². The van der Waals surface area contributed by atoms with Crippen molar-refractivity contribution in [1.29, 1.82) is 0 Å². The van der Waals surface area contributed by atoms with Crippen LogP contribution in [-0.4, -0.2) is 39.5 Å². The Morgan fingerprint density at radius 2 is 1.79 bits per heavy atom. The van der Waals surface area contributed by atoms with Crippen molar-refractivity contribution in [2.75, 3.05) is 11.4 Å². The lowest BCUT2D eigenvalue weighted by Crippen LogP contribution is -2.45. The van der Waals surface area contributed by atoms with Gasteiger partial charge < -0.3 is 15.3 Å². The Hall–Kier alpha value is -3.21. The zero-order chi connectivity index (χ0) is 27.9. The van der Waals surface area contributed by atoms with Gasteiger partial charge in [0.1, 0.15) is 11.5 Å². The highest BCUT2D eigenvalue weighted by atomic mass is 35.5. The first-order valence-electron chi connectivity index (χ1n) is 12.3. The van der Waals surface area contributed by atoms with Gasteiger partial charge in [-0.05, 0) is 61.9 Å². The number of rotatable bonds is 6. The van der Waals surface area contributed by atoms with Gasteiger partial charge in [-0.2, -0.15) is 0 Å². The van der Waals surface area contributed by atoms with E-state index in [9.17, 15) is 27.9 Å². The van der Waals surface area contributed by atoms with Crippen LogP contribution in [0.2, 0.25) is 10.0 Å². The van der Waals surface area contributed by atoms with E-state index < -0.39 is 35.4 Å². The molecular formula is C27H23Cl2F3N4O3. The Balaban J connectivity index is 1.28. The minimum absolute atomic E-state index is 0.0109. The smallest absolute Gasteiger partial charge is 0.281 e. The fraction of sp³-hybridized carbons (Fsp3) is 0.333. The molecule has 2 N–H and O–H groups in total. The number of benzene rings is 1. The average molecular weight is 579 g/mol. The molecule has 12 heteroatoms. The lowest BCUT2D eigenvalue weighted by atomic mass is 9.85. The molecule has 3 aromatic rings. The van der Waals surface area contributed by atoms with Gasteiger partial charge >= 0.3 is 0 Å². The number of aliphatic hydroxyl groups is 1. The lowest BCUT2D eigenvalue weighted by molar-refractivity contribution is -0.132.